The number of hydrogen-bond donors (Lipinski definition) is 0. The largest absolute Gasteiger partial charge is 0.0884 e. The Morgan fingerprint density at radius 3 is 2.54 bits per heavy atom. The van der Waals surface area contributed by atoms with E-state index in [0.717, 1.165) is 0 Å². The Kier molecular flexibility index (Phi) is 3.60. The summed E-state index contributed by atoms with van der Waals surface area (Å²) in [6.45, 7) is 2.05. The molecule has 0 amide bonds. The maximum atomic E-state index is 2.21. The van der Waals surface area contributed by atoms with Crippen LogP contribution in [0.5, 0.6) is 0 Å². The van der Waals surface area contributed by atoms with E-state index in [2.05, 4.69) is 35.3 Å². The lowest BCUT2D eigenvalue weighted by molar-refractivity contribution is 1.73. The third-order valence-electron chi connectivity index (χ3n) is 1.40. The maximum absolute atomic E-state index is 2.21. The van der Waals surface area contributed by atoms with Gasteiger partial charge in [0.1, 0.15) is 0 Å². The van der Waals surface area contributed by atoms with E-state index in [1.807, 2.05) is 47.0 Å². The van der Waals surface area contributed by atoms with Crippen LogP contribution in [0.1, 0.15) is 6.92 Å². The van der Waals surface area contributed by atoms with Crippen LogP contribution in [0.2, 0.25) is 0 Å². The van der Waals surface area contributed by atoms with Gasteiger partial charge in [-0.2, -0.15) is 0 Å². The van der Waals surface area contributed by atoms with Gasteiger partial charge in [0, 0.05) is 4.91 Å². The number of hydrogen-bond acceptors (Lipinski definition) is 4. The van der Waals surface area contributed by atoms with Gasteiger partial charge >= 0.3 is 0 Å². The second-order valence-corrected chi connectivity index (χ2v) is 6.64. The van der Waals surface area contributed by atoms with Crippen molar-refractivity contribution in [2.75, 3.05) is 0 Å². The molecule has 0 aliphatic carbocycles. The van der Waals surface area contributed by atoms with E-state index in [-0.39, 0.29) is 0 Å². The van der Waals surface area contributed by atoms with Crippen LogP contribution >= 0.6 is 47.0 Å². The Morgan fingerprint density at radius 2 is 1.85 bits per heavy atom. The summed E-state index contributed by atoms with van der Waals surface area (Å²) in [6.07, 6.45) is 4.24. The fraction of sp³-hybridized carbons (Fsp3) is 0.111. The van der Waals surface area contributed by atoms with Gasteiger partial charge in [0.15, 0.2) is 0 Å². The predicted molar refractivity (Wildman–Crippen MR) is 69.4 cm³/mol. The predicted octanol–water partition coefficient (Wildman–Crippen LogP) is 4.96. The average molecular weight is 244 g/mol. The molecule has 0 aromatic heterocycles. The fourth-order valence-corrected chi connectivity index (χ4v) is 5.31. The van der Waals surface area contributed by atoms with Crippen LogP contribution in [-0.4, -0.2) is 0 Å². The Balaban J connectivity index is 2.05. The lowest BCUT2D eigenvalue weighted by Crippen LogP contribution is -1.65. The minimum Gasteiger partial charge on any atom is -0.0884 e. The molecule has 0 N–H and O–H groups in total. The molecule has 2 aliphatic rings. The van der Waals surface area contributed by atoms with Gasteiger partial charge in [-0.05, 0) is 23.1 Å². The van der Waals surface area contributed by atoms with Crippen molar-refractivity contribution in [2.24, 2.45) is 0 Å². The molecule has 0 spiro atoms. The Labute approximate surface area is 95.4 Å². The standard InChI is InChI=1S/C9H8S4/c1-2-3-7-6-12-9(13-7)8-10-4-5-11-8/h2-6H,1H3. The van der Waals surface area contributed by atoms with Gasteiger partial charge in [0.25, 0.3) is 0 Å². The first-order chi connectivity index (χ1) is 6.40. The van der Waals surface area contributed by atoms with Crippen LogP contribution < -0.4 is 0 Å². The Hall–Kier alpha value is 0.360. The molecule has 0 atom stereocenters. The summed E-state index contributed by atoms with van der Waals surface area (Å²) < 4.78 is 2.85. The molecule has 0 aromatic carbocycles. The van der Waals surface area contributed by atoms with Gasteiger partial charge in [0.05, 0.1) is 8.47 Å². The monoisotopic (exact) mass is 244 g/mol. The van der Waals surface area contributed by atoms with Gasteiger partial charge < -0.3 is 0 Å². The van der Waals surface area contributed by atoms with Crippen molar-refractivity contribution in [1.82, 2.24) is 0 Å². The zero-order valence-corrected chi connectivity index (χ0v) is 10.3. The van der Waals surface area contributed by atoms with E-state index < -0.39 is 0 Å². The lowest BCUT2D eigenvalue weighted by Gasteiger charge is -1.99. The summed E-state index contributed by atoms with van der Waals surface area (Å²) in [7, 11) is 0. The van der Waals surface area contributed by atoms with E-state index >= 15 is 0 Å². The zero-order valence-electron chi connectivity index (χ0n) is 7.02. The zero-order chi connectivity index (χ0) is 9.10. The molecule has 0 saturated carbocycles. The molecule has 2 heterocycles. The molecule has 0 nitrogen and oxygen atoms in total. The first-order valence-corrected chi connectivity index (χ1v) is 7.25. The highest BCUT2D eigenvalue weighted by molar-refractivity contribution is 8.33. The van der Waals surface area contributed by atoms with Gasteiger partial charge in [0.2, 0.25) is 0 Å². The Bertz CT molecular complexity index is 313. The average Bonchev–Trinajstić information content (AvgIpc) is 2.70. The molecule has 68 valence electrons. The Morgan fingerprint density at radius 1 is 1.08 bits per heavy atom. The van der Waals surface area contributed by atoms with Crippen LogP contribution in [0.4, 0.5) is 0 Å². The van der Waals surface area contributed by atoms with E-state index in [9.17, 15) is 0 Å². The van der Waals surface area contributed by atoms with Crippen molar-refractivity contribution in [3.63, 3.8) is 0 Å². The highest BCUT2D eigenvalue weighted by Gasteiger charge is 2.16. The van der Waals surface area contributed by atoms with Gasteiger partial charge in [-0.1, -0.05) is 59.2 Å². The first kappa shape index (κ1) is 9.90. The molecule has 0 saturated heterocycles. The quantitative estimate of drug-likeness (QED) is 0.639. The van der Waals surface area contributed by atoms with Gasteiger partial charge in [-0.25, -0.2) is 0 Å². The molecule has 2 aliphatic heterocycles. The number of rotatable bonds is 1. The summed E-state index contributed by atoms with van der Waals surface area (Å²) >= 11 is 7.35. The molecule has 4 heteroatoms. The van der Waals surface area contributed by atoms with Crippen LogP contribution in [-0.2, 0) is 0 Å². The third-order valence-corrected chi connectivity index (χ3v) is 6.40. The molecule has 0 radical (unpaired) electrons. The minimum absolute atomic E-state index is 1.35. The van der Waals surface area contributed by atoms with Crippen molar-refractivity contribution in [1.29, 1.82) is 0 Å². The van der Waals surface area contributed by atoms with Gasteiger partial charge in [-0.15, -0.1) is 0 Å². The van der Waals surface area contributed by atoms with Crippen LogP contribution in [0.3, 0.4) is 0 Å². The minimum atomic E-state index is 1.35. The molecule has 0 unspecified atom stereocenters. The van der Waals surface area contributed by atoms with E-state index in [1.165, 1.54) is 13.4 Å². The molecule has 0 fully saturated rings. The lowest BCUT2D eigenvalue weighted by atomic mass is 10.5. The van der Waals surface area contributed by atoms with Crippen LogP contribution in [0.25, 0.3) is 0 Å². The summed E-state index contributed by atoms with van der Waals surface area (Å²) in [4.78, 5) is 1.35. The van der Waals surface area contributed by atoms with Crippen molar-refractivity contribution in [2.45, 2.75) is 6.92 Å². The maximum Gasteiger partial charge on any atom is 0.0700 e. The molecular formula is C9H8S4. The highest BCUT2D eigenvalue weighted by atomic mass is 32.2. The molecule has 0 bridgehead atoms. The number of thioether (sulfide) groups is 4. The first-order valence-electron chi connectivity index (χ1n) is 3.80. The number of allylic oxidation sites excluding steroid dienone is 2. The summed E-state index contributed by atoms with van der Waals surface area (Å²) in [5, 5.41) is 6.50. The molecule has 2 rings (SSSR count). The smallest absolute Gasteiger partial charge is 0.0700 e. The van der Waals surface area contributed by atoms with Crippen LogP contribution in [0.15, 0.2) is 41.8 Å². The normalized spacial score (nSPS) is 22.1. The van der Waals surface area contributed by atoms with Crippen molar-refractivity contribution in [3.8, 4) is 0 Å². The van der Waals surface area contributed by atoms with Crippen molar-refractivity contribution >= 4 is 47.0 Å². The molecule has 13 heavy (non-hydrogen) atoms. The second-order valence-electron chi connectivity index (χ2n) is 2.32. The van der Waals surface area contributed by atoms with E-state index in [1.54, 1.807) is 0 Å². The summed E-state index contributed by atoms with van der Waals surface area (Å²) in [5.74, 6) is 0. The molecular weight excluding hydrogens is 236 g/mol. The summed E-state index contributed by atoms with van der Waals surface area (Å²) in [6, 6.07) is 0. The highest BCUT2D eigenvalue weighted by Crippen LogP contribution is 2.53. The van der Waals surface area contributed by atoms with E-state index in [0.29, 0.717) is 0 Å². The SMILES string of the molecule is CC=CC1=CSC(=C2SC=CS2)S1. The summed E-state index contributed by atoms with van der Waals surface area (Å²) in [5.41, 5.74) is 0. The van der Waals surface area contributed by atoms with Crippen LogP contribution in [0, 0.1) is 0 Å². The van der Waals surface area contributed by atoms with Crippen molar-refractivity contribution in [3.05, 3.63) is 41.8 Å². The van der Waals surface area contributed by atoms with E-state index in [4.69, 9.17) is 0 Å². The van der Waals surface area contributed by atoms with Crippen molar-refractivity contribution < 1.29 is 0 Å². The third kappa shape index (κ3) is 2.43. The van der Waals surface area contributed by atoms with Gasteiger partial charge in [-0.3, -0.25) is 0 Å². The molecule has 0 aromatic rings. The fourth-order valence-electron chi connectivity index (χ4n) is 0.897. The second kappa shape index (κ2) is 4.73. The topological polar surface area (TPSA) is 0 Å².